The number of benzene rings is 1. The van der Waals surface area contributed by atoms with Crippen molar-refractivity contribution in [1.82, 2.24) is 19.6 Å². The van der Waals surface area contributed by atoms with E-state index >= 15 is 0 Å². The van der Waals surface area contributed by atoms with Crippen molar-refractivity contribution in [3.63, 3.8) is 0 Å². The molecular weight excluding hydrogens is 343 g/mol. The summed E-state index contributed by atoms with van der Waals surface area (Å²) in [6.07, 6.45) is 0.754. The lowest BCUT2D eigenvalue weighted by molar-refractivity contribution is 0.0498. The zero-order valence-electron chi connectivity index (χ0n) is 16.7. The molecule has 5 nitrogen and oxygen atoms in total. The molecule has 0 bridgehead atoms. The van der Waals surface area contributed by atoms with Crippen LogP contribution in [-0.2, 0) is 19.6 Å². The van der Waals surface area contributed by atoms with Crippen LogP contribution in [0.5, 0.6) is 0 Å². The molecule has 1 saturated heterocycles. The number of rotatable bonds is 7. The molecule has 27 heavy (non-hydrogen) atoms. The molecule has 6 heteroatoms. The number of hydrogen-bond acceptors (Lipinski definition) is 4. The molecule has 1 aliphatic heterocycles. The maximum absolute atomic E-state index is 13.2. The second kappa shape index (κ2) is 8.95. The van der Waals surface area contributed by atoms with Crippen molar-refractivity contribution in [3.05, 3.63) is 52.6 Å². The maximum Gasteiger partial charge on any atom is 0.123 e. The van der Waals surface area contributed by atoms with Crippen LogP contribution in [0.15, 0.2) is 24.3 Å². The molecule has 0 amide bonds. The lowest BCUT2D eigenvalue weighted by atomic mass is 10.1. The molecule has 1 aliphatic rings. The topological polar surface area (TPSA) is 44.5 Å². The van der Waals surface area contributed by atoms with Crippen molar-refractivity contribution in [2.75, 3.05) is 26.2 Å². The van der Waals surface area contributed by atoms with E-state index in [9.17, 15) is 9.50 Å². The molecule has 0 spiro atoms. The molecule has 0 radical (unpaired) electrons. The summed E-state index contributed by atoms with van der Waals surface area (Å²) in [5.41, 5.74) is 4.81. The number of aryl methyl sites for hydroxylation is 2. The Bertz CT molecular complexity index is 743. The zero-order valence-corrected chi connectivity index (χ0v) is 16.7. The first kappa shape index (κ1) is 20.0. The first-order valence-electron chi connectivity index (χ1n) is 9.86. The first-order chi connectivity index (χ1) is 13.0. The summed E-state index contributed by atoms with van der Waals surface area (Å²) in [4.78, 5) is 4.88. The van der Waals surface area contributed by atoms with Crippen LogP contribution < -0.4 is 0 Å². The normalized spacial score (nSPS) is 18.9. The van der Waals surface area contributed by atoms with Gasteiger partial charge in [-0.25, -0.2) is 4.39 Å². The number of piperazine rings is 1. The highest BCUT2D eigenvalue weighted by atomic mass is 19.1. The number of halogens is 1. The Kier molecular flexibility index (Phi) is 6.63. The van der Waals surface area contributed by atoms with Gasteiger partial charge in [-0.05, 0) is 44.9 Å². The van der Waals surface area contributed by atoms with E-state index in [4.69, 9.17) is 0 Å². The summed E-state index contributed by atoms with van der Waals surface area (Å²) < 4.78 is 15.2. The van der Waals surface area contributed by atoms with Crippen molar-refractivity contribution in [2.45, 2.75) is 52.9 Å². The van der Waals surface area contributed by atoms with Crippen molar-refractivity contribution in [3.8, 4) is 0 Å². The Hall–Kier alpha value is -1.76. The average molecular weight is 375 g/mol. The summed E-state index contributed by atoms with van der Waals surface area (Å²) >= 11 is 0. The van der Waals surface area contributed by atoms with Crippen LogP contribution >= 0.6 is 0 Å². The van der Waals surface area contributed by atoms with Gasteiger partial charge in [-0.3, -0.25) is 14.5 Å². The highest BCUT2D eigenvalue weighted by molar-refractivity contribution is 5.24. The average Bonchev–Trinajstić information content (AvgIpc) is 2.93. The molecule has 0 saturated carbocycles. The van der Waals surface area contributed by atoms with Gasteiger partial charge in [0.2, 0.25) is 0 Å². The van der Waals surface area contributed by atoms with Gasteiger partial charge in [-0.15, -0.1) is 0 Å². The van der Waals surface area contributed by atoms with Gasteiger partial charge in [0, 0.05) is 63.2 Å². The van der Waals surface area contributed by atoms with Crippen molar-refractivity contribution >= 4 is 0 Å². The Morgan fingerprint density at radius 2 is 1.89 bits per heavy atom. The molecule has 1 N–H and O–H groups in total. The van der Waals surface area contributed by atoms with Crippen molar-refractivity contribution < 1.29 is 9.50 Å². The van der Waals surface area contributed by atoms with Crippen LogP contribution in [0, 0.1) is 19.7 Å². The second-order valence-corrected chi connectivity index (χ2v) is 7.46. The smallest absolute Gasteiger partial charge is 0.123 e. The number of hydrogen-bond donors (Lipinski definition) is 1. The standard InChI is InChI=1S/C21H31FN4O/c1-4-26-17(3)21(16(2)23-26)15-24-10-11-25(20(14-24)9-12-27)13-18-5-7-19(22)8-6-18/h5-8,20,27H,4,9-15H2,1-3H3. The molecule has 1 atom stereocenters. The minimum absolute atomic E-state index is 0.185. The van der Waals surface area contributed by atoms with Gasteiger partial charge < -0.3 is 5.11 Å². The molecule has 2 heterocycles. The molecular formula is C21H31FN4O. The molecule has 1 fully saturated rings. The number of aliphatic hydroxyl groups is 1. The van der Waals surface area contributed by atoms with Gasteiger partial charge in [0.15, 0.2) is 0 Å². The third-order valence-corrected chi connectivity index (χ3v) is 5.66. The monoisotopic (exact) mass is 374 g/mol. The molecule has 148 valence electrons. The minimum Gasteiger partial charge on any atom is -0.396 e. The van der Waals surface area contributed by atoms with Crippen LogP contribution in [0.1, 0.15) is 35.9 Å². The first-order valence-corrected chi connectivity index (χ1v) is 9.86. The van der Waals surface area contributed by atoms with Gasteiger partial charge in [0.05, 0.1) is 5.69 Å². The van der Waals surface area contributed by atoms with Crippen molar-refractivity contribution in [2.24, 2.45) is 0 Å². The van der Waals surface area contributed by atoms with Gasteiger partial charge >= 0.3 is 0 Å². The largest absolute Gasteiger partial charge is 0.396 e. The van der Waals surface area contributed by atoms with E-state index in [-0.39, 0.29) is 12.4 Å². The van der Waals surface area contributed by atoms with E-state index < -0.39 is 0 Å². The van der Waals surface area contributed by atoms with Crippen LogP contribution in [0.4, 0.5) is 4.39 Å². The van der Waals surface area contributed by atoms with E-state index in [0.29, 0.717) is 6.04 Å². The minimum atomic E-state index is -0.200. The van der Waals surface area contributed by atoms with E-state index in [1.54, 1.807) is 0 Å². The van der Waals surface area contributed by atoms with E-state index in [2.05, 4.69) is 40.4 Å². The quantitative estimate of drug-likeness (QED) is 0.809. The fourth-order valence-electron chi connectivity index (χ4n) is 4.05. The van der Waals surface area contributed by atoms with E-state index in [1.165, 1.54) is 23.4 Å². The van der Waals surface area contributed by atoms with Crippen LogP contribution in [0.2, 0.25) is 0 Å². The zero-order chi connectivity index (χ0) is 19.4. The van der Waals surface area contributed by atoms with Crippen LogP contribution in [-0.4, -0.2) is 57.0 Å². The molecule has 3 rings (SSSR count). The molecule has 1 aromatic carbocycles. The molecule has 2 aromatic rings. The van der Waals surface area contributed by atoms with E-state index in [0.717, 1.165) is 56.9 Å². The Balaban J connectivity index is 1.66. The Morgan fingerprint density at radius 1 is 1.15 bits per heavy atom. The lowest BCUT2D eigenvalue weighted by Crippen LogP contribution is -2.52. The van der Waals surface area contributed by atoms with Gasteiger partial charge in [0.25, 0.3) is 0 Å². The van der Waals surface area contributed by atoms with Gasteiger partial charge in [-0.1, -0.05) is 12.1 Å². The Morgan fingerprint density at radius 3 is 2.52 bits per heavy atom. The number of aromatic nitrogens is 2. The van der Waals surface area contributed by atoms with Gasteiger partial charge in [0.1, 0.15) is 5.82 Å². The van der Waals surface area contributed by atoms with Crippen LogP contribution in [0.25, 0.3) is 0 Å². The second-order valence-electron chi connectivity index (χ2n) is 7.46. The predicted molar refractivity (Wildman–Crippen MR) is 105 cm³/mol. The van der Waals surface area contributed by atoms with E-state index in [1.807, 2.05) is 12.1 Å². The SMILES string of the molecule is CCn1nc(C)c(CN2CCN(Cc3ccc(F)cc3)C(CCO)C2)c1C. The van der Waals surface area contributed by atoms with Crippen LogP contribution in [0.3, 0.4) is 0 Å². The summed E-state index contributed by atoms with van der Waals surface area (Å²) in [5, 5.41) is 14.2. The molecule has 1 aromatic heterocycles. The third-order valence-electron chi connectivity index (χ3n) is 5.66. The lowest BCUT2D eigenvalue weighted by Gasteiger charge is -2.41. The molecule has 0 aliphatic carbocycles. The summed E-state index contributed by atoms with van der Waals surface area (Å²) in [7, 11) is 0. The summed E-state index contributed by atoms with van der Waals surface area (Å²) in [6, 6.07) is 7.04. The highest BCUT2D eigenvalue weighted by Gasteiger charge is 2.27. The third kappa shape index (κ3) is 4.75. The number of nitrogens with zero attached hydrogens (tertiary/aromatic N) is 4. The summed E-state index contributed by atoms with van der Waals surface area (Å²) in [5.74, 6) is -0.200. The Labute approximate surface area is 161 Å². The van der Waals surface area contributed by atoms with Gasteiger partial charge in [-0.2, -0.15) is 5.10 Å². The number of aliphatic hydroxyl groups excluding tert-OH is 1. The maximum atomic E-state index is 13.2. The fourth-order valence-corrected chi connectivity index (χ4v) is 4.05. The highest BCUT2D eigenvalue weighted by Crippen LogP contribution is 2.21. The van der Waals surface area contributed by atoms with Crippen molar-refractivity contribution in [1.29, 1.82) is 0 Å². The fraction of sp³-hybridized carbons (Fsp3) is 0.571. The summed E-state index contributed by atoms with van der Waals surface area (Å²) in [6.45, 7) is 12.0. The molecule has 1 unspecified atom stereocenters. The predicted octanol–water partition coefficient (Wildman–Crippen LogP) is 2.73.